The van der Waals surface area contributed by atoms with Crippen LogP contribution >= 0.6 is 0 Å². The molecule has 0 spiro atoms. The lowest BCUT2D eigenvalue weighted by molar-refractivity contribution is 0.157. The average molecular weight is 446 g/mol. The molecule has 0 saturated carbocycles. The summed E-state index contributed by atoms with van der Waals surface area (Å²) >= 11 is 0. The Labute approximate surface area is 195 Å². The average Bonchev–Trinajstić information content (AvgIpc) is 2.78. The van der Waals surface area contributed by atoms with E-state index in [0.29, 0.717) is 11.3 Å². The molecule has 3 aromatic rings. The maximum absolute atomic E-state index is 12.7. The second kappa shape index (κ2) is 9.24. The van der Waals surface area contributed by atoms with Gasteiger partial charge in [0, 0.05) is 44.8 Å². The molecule has 3 heterocycles. The number of rotatable bonds is 5. The van der Waals surface area contributed by atoms with Gasteiger partial charge < -0.3 is 19.0 Å². The first-order valence-electron chi connectivity index (χ1n) is 11.4. The van der Waals surface area contributed by atoms with Crippen LogP contribution in [0, 0.1) is 6.57 Å². The van der Waals surface area contributed by atoms with E-state index >= 15 is 0 Å². The third kappa shape index (κ3) is 4.71. The quantitative estimate of drug-likeness (QED) is 0.546. The highest BCUT2D eigenvalue weighted by Crippen LogP contribution is 2.30. The Morgan fingerprint density at radius 1 is 1.15 bits per heavy atom. The van der Waals surface area contributed by atoms with Crippen molar-refractivity contribution in [1.29, 1.82) is 0 Å². The predicted molar refractivity (Wildman–Crippen MR) is 132 cm³/mol. The molecular formula is C26H31N5O2. The molecule has 1 aliphatic rings. The third-order valence-electron chi connectivity index (χ3n) is 6.25. The highest BCUT2D eigenvalue weighted by atomic mass is 16.5. The number of hydrogen-bond acceptors (Lipinski definition) is 5. The number of hydrogen-bond donors (Lipinski definition) is 0. The van der Waals surface area contributed by atoms with E-state index in [4.69, 9.17) is 11.3 Å². The number of piperazine rings is 1. The van der Waals surface area contributed by atoms with E-state index in [1.807, 2.05) is 32.0 Å². The molecule has 0 bridgehead atoms. The van der Waals surface area contributed by atoms with Gasteiger partial charge in [0.2, 0.25) is 5.52 Å². The number of aryl methyl sites for hydroxylation is 1. The second-order valence-electron chi connectivity index (χ2n) is 9.17. The molecule has 2 aromatic heterocycles. The van der Waals surface area contributed by atoms with Crippen molar-refractivity contribution in [3.63, 3.8) is 0 Å². The van der Waals surface area contributed by atoms with Gasteiger partial charge in [-0.25, -0.2) is 0 Å². The number of fused-ring (bicyclic) bond motifs is 1. The first-order chi connectivity index (χ1) is 15.8. The molecule has 1 aromatic carbocycles. The van der Waals surface area contributed by atoms with Crippen molar-refractivity contribution in [2.45, 2.75) is 52.4 Å². The van der Waals surface area contributed by atoms with E-state index in [-0.39, 0.29) is 23.7 Å². The van der Waals surface area contributed by atoms with Crippen LogP contribution in [-0.2, 0) is 13.6 Å². The normalized spacial score (nSPS) is 19.1. The molecular weight excluding hydrogens is 414 g/mol. The number of pyridine rings is 2. The molecule has 7 heteroatoms. The summed E-state index contributed by atoms with van der Waals surface area (Å²) in [6, 6.07) is 13.9. The maximum atomic E-state index is 12.7. The standard InChI is InChI=1S/C26H31N5O2/c1-17(2)33-21-9-7-8-20(12-21)16-30-14-19(4)31(15-18(30)3)23-13-25(32)29(6)22-10-11-24(27-5)28-26(22)23/h7-13,17-19H,14-16H2,1-4,6H3/t18-,19+/m1/s1. The lowest BCUT2D eigenvalue weighted by Gasteiger charge is -2.45. The van der Waals surface area contributed by atoms with Crippen LogP contribution in [0.4, 0.5) is 11.5 Å². The molecule has 1 saturated heterocycles. The molecule has 0 N–H and O–H groups in total. The molecule has 0 radical (unpaired) electrons. The maximum Gasteiger partial charge on any atom is 0.270 e. The summed E-state index contributed by atoms with van der Waals surface area (Å²) in [6.45, 7) is 18.3. The summed E-state index contributed by atoms with van der Waals surface area (Å²) in [4.78, 5) is 25.5. The second-order valence-corrected chi connectivity index (χ2v) is 9.17. The van der Waals surface area contributed by atoms with Gasteiger partial charge in [-0.3, -0.25) is 9.69 Å². The summed E-state index contributed by atoms with van der Waals surface area (Å²) in [7, 11) is 1.74. The molecule has 4 rings (SSSR count). The van der Waals surface area contributed by atoms with Gasteiger partial charge in [0.1, 0.15) is 5.75 Å². The van der Waals surface area contributed by atoms with Crippen LogP contribution in [0.25, 0.3) is 15.9 Å². The SMILES string of the molecule is [C-]#[N+]c1ccc2c(n1)c(N1C[C@@H](C)N(Cc3cccc(OC(C)C)c3)C[C@@H]1C)cc(=O)n2C. The summed E-state index contributed by atoms with van der Waals surface area (Å²) < 4.78 is 7.45. The number of benzene rings is 1. The van der Waals surface area contributed by atoms with Crippen molar-refractivity contribution in [3.8, 4) is 5.75 Å². The largest absolute Gasteiger partial charge is 0.491 e. The molecule has 7 nitrogen and oxygen atoms in total. The van der Waals surface area contributed by atoms with Crippen LogP contribution in [0.3, 0.4) is 0 Å². The third-order valence-corrected chi connectivity index (χ3v) is 6.25. The van der Waals surface area contributed by atoms with Crippen LogP contribution < -0.4 is 15.2 Å². The van der Waals surface area contributed by atoms with Gasteiger partial charge in [0.15, 0.2) is 0 Å². The number of aromatic nitrogens is 2. The Morgan fingerprint density at radius 2 is 1.94 bits per heavy atom. The summed E-state index contributed by atoms with van der Waals surface area (Å²) in [5.41, 5.74) is 3.41. The Bertz CT molecular complexity index is 1260. The Kier molecular flexibility index (Phi) is 6.39. The van der Waals surface area contributed by atoms with E-state index in [9.17, 15) is 4.79 Å². The summed E-state index contributed by atoms with van der Waals surface area (Å²) in [5, 5.41) is 0. The van der Waals surface area contributed by atoms with Crippen LogP contribution in [0.2, 0.25) is 0 Å². The Morgan fingerprint density at radius 3 is 2.67 bits per heavy atom. The van der Waals surface area contributed by atoms with Crippen molar-refractivity contribution in [3.05, 3.63) is 69.8 Å². The number of nitrogens with zero attached hydrogens (tertiary/aromatic N) is 5. The monoisotopic (exact) mass is 445 g/mol. The van der Waals surface area contributed by atoms with Gasteiger partial charge in [-0.05, 0) is 57.5 Å². The summed E-state index contributed by atoms with van der Waals surface area (Å²) in [6.07, 6.45) is 0.146. The molecule has 0 aliphatic carbocycles. The van der Waals surface area contributed by atoms with Crippen molar-refractivity contribution < 1.29 is 4.74 Å². The van der Waals surface area contributed by atoms with Gasteiger partial charge >= 0.3 is 0 Å². The lowest BCUT2D eigenvalue weighted by atomic mass is 10.0. The van der Waals surface area contributed by atoms with Gasteiger partial charge in [0.25, 0.3) is 11.4 Å². The minimum atomic E-state index is -0.0703. The molecule has 1 fully saturated rings. The fourth-order valence-corrected chi connectivity index (χ4v) is 4.56. The van der Waals surface area contributed by atoms with Gasteiger partial charge in [-0.2, -0.15) is 0 Å². The van der Waals surface area contributed by atoms with Crippen molar-refractivity contribution in [2.24, 2.45) is 7.05 Å². The molecule has 33 heavy (non-hydrogen) atoms. The van der Waals surface area contributed by atoms with Crippen LogP contribution in [0.1, 0.15) is 33.3 Å². The fourth-order valence-electron chi connectivity index (χ4n) is 4.56. The van der Waals surface area contributed by atoms with Gasteiger partial charge in [0.05, 0.1) is 17.3 Å². The predicted octanol–water partition coefficient (Wildman–Crippen LogP) is 4.37. The van der Waals surface area contributed by atoms with E-state index in [1.54, 1.807) is 23.7 Å². The zero-order valence-corrected chi connectivity index (χ0v) is 19.9. The zero-order chi connectivity index (χ0) is 23.7. The van der Waals surface area contributed by atoms with Gasteiger partial charge in [-0.15, -0.1) is 4.98 Å². The summed E-state index contributed by atoms with van der Waals surface area (Å²) in [5.74, 6) is 1.24. The highest BCUT2D eigenvalue weighted by Gasteiger charge is 2.31. The number of anilines is 1. The minimum absolute atomic E-state index is 0.0703. The molecule has 172 valence electrons. The fraction of sp³-hybridized carbons (Fsp3) is 0.423. The van der Waals surface area contributed by atoms with Gasteiger partial charge in [-0.1, -0.05) is 18.7 Å². The highest BCUT2D eigenvalue weighted by molar-refractivity contribution is 5.89. The van der Waals surface area contributed by atoms with E-state index in [2.05, 4.69) is 45.6 Å². The molecule has 1 aliphatic heterocycles. The first kappa shape index (κ1) is 22.8. The minimum Gasteiger partial charge on any atom is -0.491 e. The van der Waals surface area contributed by atoms with E-state index in [1.165, 1.54) is 5.56 Å². The van der Waals surface area contributed by atoms with Crippen LogP contribution in [0.15, 0.2) is 47.3 Å². The van der Waals surface area contributed by atoms with Crippen molar-refractivity contribution >= 4 is 22.5 Å². The first-order valence-corrected chi connectivity index (χ1v) is 11.4. The Balaban J connectivity index is 1.60. The van der Waals surface area contributed by atoms with Crippen LogP contribution in [-0.4, -0.2) is 45.7 Å². The topological polar surface area (TPSA) is 55.0 Å². The van der Waals surface area contributed by atoms with Crippen molar-refractivity contribution in [2.75, 3.05) is 18.0 Å². The van der Waals surface area contributed by atoms with E-state index < -0.39 is 0 Å². The van der Waals surface area contributed by atoms with Crippen LogP contribution in [0.5, 0.6) is 5.75 Å². The molecule has 0 amide bonds. The zero-order valence-electron chi connectivity index (χ0n) is 19.9. The molecule has 0 unspecified atom stereocenters. The Hall–Kier alpha value is -3.37. The molecule has 2 atom stereocenters. The lowest BCUT2D eigenvalue weighted by Crippen LogP contribution is -2.56. The van der Waals surface area contributed by atoms with E-state index in [0.717, 1.165) is 36.6 Å². The van der Waals surface area contributed by atoms with Crippen molar-refractivity contribution in [1.82, 2.24) is 14.5 Å². The smallest absolute Gasteiger partial charge is 0.270 e. The number of ether oxygens (including phenoxy) is 1.